The van der Waals surface area contributed by atoms with Crippen LogP contribution in [-0.4, -0.2) is 27.7 Å². The number of nitrogens with one attached hydrogen (secondary N) is 1. The highest BCUT2D eigenvalue weighted by atomic mass is 16.6. The van der Waals surface area contributed by atoms with Crippen LogP contribution in [0.25, 0.3) is 0 Å². The molecule has 0 fully saturated rings. The molecule has 1 aromatic heterocycles. The molecule has 6 heteroatoms. The van der Waals surface area contributed by atoms with E-state index in [1.807, 2.05) is 13.8 Å². The molecule has 0 bridgehead atoms. The van der Waals surface area contributed by atoms with E-state index in [1.165, 1.54) is 18.4 Å². The van der Waals surface area contributed by atoms with Gasteiger partial charge in [-0.05, 0) is 45.1 Å². The van der Waals surface area contributed by atoms with E-state index in [9.17, 15) is 4.79 Å². The number of carbonyl (C=O) groups is 1. The zero-order valence-corrected chi connectivity index (χ0v) is 12.5. The fraction of sp³-hybridized carbons (Fsp3) is 0.600. The molecule has 1 aliphatic heterocycles. The summed E-state index contributed by atoms with van der Waals surface area (Å²) in [7, 11) is 0. The number of aromatic nitrogens is 2. The Balaban J connectivity index is 1.63. The zero-order chi connectivity index (χ0) is 14.8. The van der Waals surface area contributed by atoms with Crippen LogP contribution in [0.4, 0.5) is 0 Å². The SMILES string of the molecule is CC1=NO[C@@H](C(=O)NCc2nc(C)c3c(n2)CCCC3)C1. The first-order chi connectivity index (χ1) is 10.1. The van der Waals surface area contributed by atoms with Crippen LogP contribution in [0, 0.1) is 6.92 Å². The van der Waals surface area contributed by atoms with E-state index in [0.29, 0.717) is 18.8 Å². The Morgan fingerprint density at radius 2 is 2.10 bits per heavy atom. The molecule has 0 aromatic carbocycles. The first-order valence-electron chi connectivity index (χ1n) is 7.46. The molecule has 0 unspecified atom stereocenters. The molecule has 3 rings (SSSR count). The van der Waals surface area contributed by atoms with E-state index in [2.05, 4.69) is 20.4 Å². The van der Waals surface area contributed by atoms with Gasteiger partial charge in [-0.3, -0.25) is 4.79 Å². The minimum Gasteiger partial charge on any atom is -0.382 e. The second kappa shape index (κ2) is 5.79. The lowest BCUT2D eigenvalue weighted by Gasteiger charge is -2.17. The average molecular weight is 288 g/mol. The Kier molecular flexibility index (Phi) is 3.86. The van der Waals surface area contributed by atoms with Gasteiger partial charge >= 0.3 is 0 Å². The number of nitrogens with zero attached hydrogens (tertiary/aromatic N) is 3. The van der Waals surface area contributed by atoms with Gasteiger partial charge in [0, 0.05) is 17.8 Å². The monoisotopic (exact) mass is 288 g/mol. The van der Waals surface area contributed by atoms with Crippen molar-refractivity contribution >= 4 is 11.6 Å². The number of aryl methyl sites for hydroxylation is 2. The van der Waals surface area contributed by atoms with Gasteiger partial charge in [0.1, 0.15) is 5.82 Å². The lowest BCUT2D eigenvalue weighted by Crippen LogP contribution is -2.34. The first kappa shape index (κ1) is 14.0. The van der Waals surface area contributed by atoms with Crippen LogP contribution in [0.1, 0.15) is 49.0 Å². The van der Waals surface area contributed by atoms with Crippen molar-refractivity contribution in [2.24, 2.45) is 5.16 Å². The summed E-state index contributed by atoms with van der Waals surface area (Å²) in [6.45, 7) is 4.21. The highest BCUT2D eigenvalue weighted by molar-refractivity contribution is 5.91. The summed E-state index contributed by atoms with van der Waals surface area (Å²) in [4.78, 5) is 26.1. The predicted octanol–water partition coefficient (Wildman–Crippen LogP) is 1.44. The van der Waals surface area contributed by atoms with E-state index in [0.717, 1.165) is 29.9 Å². The van der Waals surface area contributed by atoms with Crippen LogP contribution < -0.4 is 5.32 Å². The van der Waals surface area contributed by atoms with Crippen LogP contribution in [0.3, 0.4) is 0 Å². The maximum atomic E-state index is 12.0. The van der Waals surface area contributed by atoms with Gasteiger partial charge in [-0.25, -0.2) is 9.97 Å². The lowest BCUT2D eigenvalue weighted by molar-refractivity contribution is -0.131. The molecule has 0 saturated heterocycles. The molecule has 21 heavy (non-hydrogen) atoms. The molecular weight excluding hydrogens is 268 g/mol. The summed E-state index contributed by atoms with van der Waals surface area (Å²) in [5.41, 5.74) is 4.32. The normalized spacial score (nSPS) is 20.5. The van der Waals surface area contributed by atoms with Gasteiger partial charge in [0.05, 0.1) is 12.3 Å². The van der Waals surface area contributed by atoms with Crippen LogP contribution in [-0.2, 0) is 29.0 Å². The van der Waals surface area contributed by atoms with Crippen molar-refractivity contribution in [3.8, 4) is 0 Å². The highest BCUT2D eigenvalue weighted by Gasteiger charge is 2.26. The van der Waals surface area contributed by atoms with Gasteiger partial charge in [-0.2, -0.15) is 0 Å². The minimum absolute atomic E-state index is 0.158. The molecule has 2 aliphatic rings. The second-order valence-corrected chi connectivity index (χ2v) is 5.70. The molecule has 1 aliphatic carbocycles. The summed E-state index contributed by atoms with van der Waals surface area (Å²) in [5.74, 6) is 0.520. The van der Waals surface area contributed by atoms with Gasteiger partial charge < -0.3 is 10.2 Å². The van der Waals surface area contributed by atoms with Crippen LogP contribution >= 0.6 is 0 Å². The number of oxime groups is 1. The molecule has 2 heterocycles. The second-order valence-electron chi connectivity index (χ2n) is 5.70. The Morgan fingerprint density at radius 1 is 1.29 bits per heavy atom. The van der Waals surface area contributed by atoms with E-state index in [4.69, 9.17) is 4.84 Å². The molecule has 1 aromatic rings. The van der Waals surface area contributed by atoms with Gasteiger partial charge in [0.15, 0.2) is 0 Å². The van der Waals surface area contributed by atoms with Crippen molar-refractivity contribution < 1.29 is 9.63 Å². The molecular formula is C15H20N4O2. The third-order valence-corrected chi connectivity index (χ3v) is 3.97. The summed E-state index contributed by atoms with van der Waals surface area (Å²) in [6.07, 6.45) is 4.52. The number of fused-ring (bicyclic) bond motifs is 1. The lowest BCUT2D eigenvalue weighted by atomic mass is 9.95. The largest absolute Gasteiger partial charge is 0.382 e. The molecule has 0 saturated carbocycles. The molecule has 1 amide bonds. The Labute approximate surface area is 124 Å². The number of carbonyl (C=O) groups excluding carboxylic acids is 1. The van der Waals surface area contributed by atoms with Gasteiger partial charge in [-0.1, -0.05) is 5.16 Å². The maximum Gasteiger partial charge on any atom is 0.264 e. The zero-order valence-electron chi connectivity index (χ0n) is 12.5. The van der Waals surface area contributed by atoms with Gasteiger partial charge in [-0.15, -0.1) is 0 Å². The van der Waals surface area contributed by atoms with Crippen molar-refractivity contribution in [3.63, 3.8) is 0 Å². The van der Waals surface area contributed by atoms with Crippen LogP contribution in [0.2, 0.25) is 0 Å². The Morgan fingerprint density at radius 3 is 2.86 bits per heavy atom. The predicted molar refractivity (Wildman–Crippen MR) is 77.9 cm³/mol. The van der Waals surface area contributed by atoms with E-state index in [-0.39, 0.29) is 5.91 Å². The fourth-order valence-electron chi connectivity index (χ4n) is 2.84. The molecule has 0 radical (unpaired) electrons. The highest BCUT2D eigenvalue weighted by Crippen LogP contribution is 2.21. The standard InChI is InChI=1S/C15H20N4O2/c1-9-7-13(21-19-9)15(20)16-8-14-17-10(2)11-5-3-4-6-12(11)18-14/h13H,3-8H2,1-2H3,(H,16,20)/t13-/m1/s1. The third kappa shape index (κ3) is 3.04. The van der Waals surface area contributed by atoms with Crippen molar-refractivity contribution in [2.75, 3.05) is 0 Å². The quantitative estimate of drug-likeness (QED) is 0.913. The van der Waals surface area contributed by atoms with Gasteiger partial charge in [0.25, 0.3) is 5.91 Å². The summed E-state index contributed by atoms with van der Waals surface area (Å²) < 4.78 is 0. The van der Waals surface area contributed by atoms with Crippen molar-refractivity contribution in [3.05, 3.63) is 22.8 Å². The van der Waals surface area contributed by atoms with E-state index in [1.54, 1.807) is 0 Å². The van der Waals surface area contributed by atoms with Crippen molar-refractivity contribution in [2.45, 2.75) is 58.6 Å². The van der Waals surface area contributed by atoms with E-state index < -0.39 is 6.10 Å². The summed E-state index contributed by atoms with van der Waals surface area (Å²) >= 11 is 0. The van der Waals surface area contributed by atoms with Crippen molar-refractivity contribution in [1.82, 2.24) is 15.3 Å². The summed E-state index contributed by atoms with van der Waals surface area (Å²) in [5, 5.41) is 6.62. The third-order valence-electron chi connectivity index (χ3n) is 3.97. The fourth-order valence-corrected chi connectivity index (χ4v) is 2.84. The topological polar surface area (TPSA) is 76.5 Å². The molecule has 1 atom stereocenters. The summed E-state index contributed by atoms with van der Waals surface area (Å²) in [6, 6.07) is 0. The molecule has 112 valence electrons. The van der Waals surface area contributed by atoms with Gasteiger partial charge in [0.2, 0.25) is 6.10 Å². The molecule has 0 spiro atoms. The van der Waals surface area contributed by atoms with Crippen molar-refractivity contribution in [1.29, 1.82) is 0 Å². The van der Waals surface area contributed by atoms with Crippen LogP contribution in [0.5, 0.6) is 0 Å². The Bertz CT molecular complexity index is 598. The smallest absolute Gasteiger partial charge is 0.264 e. The van der Waals surface area contributed by atoms with Crippen LogP contribution in [0.15, 0.2) is 5.16 Å². The first-order valence-corrected chi connectivity index (χ1v) is 7.46. The number of amides is 1. The number of hydrogen-bond acceptors (Lipinski definition) is 5. The molecule has 6 nitrogen and oxygen atoms in total. The minimum atomic E-state index is -0.510. The number of rotatable bonds is 3. The number of hydrogen-bond donors (Lipinski definition) is 1. The molecule has 1 N–H and O–H groups in total. The average Bonchev–Trinajstić information content (AvgIpc) is 2.91. The Hall–Kier alpha value is -1.98. The maximum absolute atomic E-state index is 12.0. The van der Waals surface area contributed by atoms with E-state index >= 15 is 0 Å².